The number of nitrogens with two attached hydrogens (primary N) is 2. The van der Waals surface area contributed by atoms with E-state index in [0.717, 1.165) is 5.56 Å². The van der Waals surface area contributed by atoms with Gasteiger partial charge in [-0.05, 0) is 24.1 Å². The maximum Gasteiger partial charge on any atom is 0.312 e. The summed E-state index contributed by atoms with van der Waals surface area (Å²) in [6, 6.07) is 5.17. The Hall–Kier alpha value is -2.28. The first-order valence-corrected chi connectivity index (χ1v) is 5.83. The zero-order valence-electron chi connectivity index (χ0n) is 10.4. The molecule has 1 atom stereocenters. The fraction of sp³-hybridized carbons (Fsp3) is 0.333. The number of hydrogen-bond acceptors (Lipinski definition) is 4. The minimum Gasteiger partial charge on any atom is -0.508 e. The SMILES string of the molecule is NC(=O)NCCNC(=O)[C@H](N)Cc1ccc(O)cc1. The van der Waals surface area contributed by atoms with Gasteiger partial charge in [-0.3, -0.25) is 4.79 Å². The lowest BCUT2D eigenvalue weighted by Crippen LogP contribution is -2.45. The molecule has 1 rings (SSSR count). The van der Waals surface area contributed by atoms with Crippen molar-refractivity contribution in [1.29, 1.82) is 0 Å². The molecule has 0 aliphatic carbocycles. The minimum absolute atomic E-state index is 0.166. The zero-order valence-corrected chi connectivity index (χ0v) is 10.4. The van der Waals surface area contributed by atoms with E-state index in [1.54, 1.807) is 12.1 Å². The summed E-state index contributed by atoms with van der Waals surface area (Å²) in [5, 5.41) is 14.1. The first-order chi connectivity index (χ1) is 8.99. The fourth-order valence-corrected chi connectivity index (χ4v) is 1.48. The van der Waals surface area contributed by atoms with Crippen molar-refractivity contribution in [3.05, 3.63) is 29.8 Å². The van der Waals surface area contributed by atoms with Crippen LogP contribution in [0.15, 0.2) is 24.3 Å². The number of urea groups is 1. The molecular weight excluding hydrogens is 248 g/mol. The minimum atomic E-state index is -0.682. The molecule has 7 heteroatoms. The summed E-state index contributed by atoms with van der Waals surface area (Å²) in [6.07, 6.45) is 0.370. The maximum atomic E-state index is 11.6. The standard InChI is InChI=1S/C12H18N4O3/c13-10(7-8-1-3-9(17)4-2-8)11(18)15-5-6-16-12(14)19/h1-4,10,17H,5-7,13H2,(H,15,18)(H3,14,16,19)/t10-/m1/s1. The van der Waals surface area contributed by atoms with E-state index in [9.17, 15) is 9.59 Å². The molecule has 3 amide bonds. The number of amides is 3. The average molecular weight is 266 g/mol. The van der Waals surface area contributed by atoms with Gasteiger partial charge in [0.1, 0.15) is 5.75 Å². The number of carbonyl (C=O) groups is 2. The van der Waals surface area contributed by atoms with Gasteiger partial charge in [-0.1, -0.05) is 12.1 Å². The van der Waals surface area contributed by atoms with Crippen LogP contribution in [0.25, 0.3) is 0 Å². The Morgan fingerprint density at radius 3 is 2.32 bits per heavy atom. The van der Waals surface area contributed by atoms with Crippen LogP contribution < -0.4 is 22.1 Å². The molecule has 0 unspecified atom stereocenters. The normalized spacial score (nSPS) is 11.6. The summed E-state index contributed by atoms with van der Waals surface area (Å²) < 4.78 is 0. The van der Waals surface area contributed by atoms with Gasteiger partial charge in [0.05, 0.1) is 6.04 Å². The third-order valence-electron chi connectivity index (χ3n) is 2.45. The van der Waals surface area contributed by atoms with Crippen LogP contribution in [0.1, 0.15) is 5.56 Å². The highest BCUT2D eigenvalue weighted by molar-refractivity contribution is 5.81. The topological polar surface area (TPSA) is 130 Å². The molecule has 0 saturated heterocycles. The molecule has 1 aromatic rings. The lowest BCUT2D eigenvalue weighted by molar-refractivity contribution is -0.122. The summed E-state index contributed by atoms with van der Waals surface area (Å²) in [7, 11) is 0. The molecule has 1 aromatic carbocycles. The molecule has 0 radical (unpaired) electrons. The van der Waals surface area contributed by atoms with E-state index in [0.29, 0.717) is 6.42 Å². The monoisotopic (exact) mass is 266 g/mol. The van der Waals surface area contributed by atoms with Gasteiger partial charge < -0.3 is 27.2 Å². The van der Waals surface area contributed by atoms with Crippen molar-refractivity contribution in [2.75, 3.05) is 13.1 Å². The largest absolute Gasteiger partial charge is 0.508 e. The molecule has 0 fully saturated rings. The van der Waals surface area contributed by atoms with Crippen LogP contribution in [0.3, 0.4) is 0 Å². The third kappa shape index (κ3) is 5.73. The van der Waals surface area contributed by atoms with Crippen molar-refractivity contribution in [3.8, 4) is 5.75 Å². The molecule has 0 aliphatic heterocycles. The van der Waals surface area contributed by atoms with Gasteiger partial charge in [-0.25, -0.2) is 4.79 Å². The van der Waals surface area contributed by atoms with Gasteiger partial charge in [-0.15, -0.1) is 0 Å². The number of nitrogens with one attached hydrogen (secondary N) is 2. The van der Waals surface area contributed by atoms with Gasteiger partial charge in [0.2, 0.25) is 5.91 Å². The first kappa shape index (κ1) is 14.8. The summed E-state index contributed by atoms with van der Waals surface area (Å²) >= 11 is 0. The van der Waals surface area contributed by atoms with Crippen LogP contribution >= 0.6 is 0 Å². The molecule has 104 valence electrons. The number of carbonyl (C=O) groups excluding carboxylic acids is 2. The highest BCUT2D eigenvalue weighted by atomic mass is 16.3. The lowest BCUT2D eigenvalue weighted by atomic mass is 10.1. The smallest absolute Gasteiger partial charge is 0.312 e. The molecule has 0 aromatic heterocycles. The highest BCUT2D eigenvalue weighted by Gasteiger charge is 2.13. The first-order valence-electron chi connectivity index (χ1n) is 5.83. The van der Waals surface area contributed by atoms with E-state index in [4.69, 9.17) is 16.6 Å². The van der Waals surface area contributed by atoms with Crippen molar-refractivity contribution in [1.82, 2.24) is 10.6 Å². The predicted molar refractivity (Wildman–Crippen MR) is 70.4 cm³/mol. The highest BCUT2D eigenvalue weighted by Crippen LogP contribution is 2.10. The van der Waals surface area contributed by atoms with Crippen LogP contribution in [-0.4, -0.2) is 36.2 Å². The average Bonchev–Trinajstić information content (AvgIpc) is 2.36. The van der Waals surface area contributed by atoms with E-state index in [-0.39, 0.29) is 24.7 Å². The van der Waals surface area contributed by atoms with E-state index < -0.39 is 12.1 Å². The van der Waals surface area contributed by atoms with Crippen molar-refractivity contribution < 1.29 is 14.7 Å². The Morgan fingerprint density at radius 2 is 1.74 bits per heavy atom. The molecule has 0 bridgehead atoms. The summed E-state index contributed by atoms with van der Waals surface area (Å²) in [4.78, 5) is 22.0. The Bertz CT molecular complexity index is 433. The van der Waals surface area contributed by atoms with Crippen LogP contribution in [0, 0.1) is 0 Å². The van der Waals surface area contributed by atoms with E-state index >= 15 is 0 Å². The number of rotatable bonds is 6. The van der Waals surface area contributed by atoms with Crippen LogP contribution in [0.4, 0.5) is 4.79 Å². The Kier molecular flexibility index (Phi) is 5.62. The lowest BCUT2D eigenvalue weighted by Gasteiger charge is -2.12. The van der Waals surface area contributed by atoms with Gasteiger partial charge >= 0.3 is 6.03 Å². The molecule has 0 heterocycles. The second-order valence-electron chi connectivity index (χ2n) is 4.06. The second-order valence-corrected chi connectivity index (χ2v) is 4.06. The van der Waals surface area contributed by atoms with Gasteiger partial charge in [0, 0.05) is 13.1 Å². The molecule has 0 saturated carbocycles. The Labute approximate surface area is 111 Å². The summed E-state index contributed by atoms with van der Waals surface area (Å²) in [5.74, 6) is -0.140. The summed E-state index contributed by atoms with van der Waals surface area (Å²) in [6.45, 7) is 0.526. The fourth-order valence-electron chi connectivity index (χ4n) is 1.48. The van der Waals surface area contributed by atoms with Crippen molar-refractivity contribution in [2.45, 2.75) is 12.5 Å². The molecular formula is C12H18N4O3. The van der Waals surface area contributed by atoms with Gasteiger partial charge in [-0.2, -0.15) is 0 Å². The molecule has 19 heavy (non-hydrogen) atoms. The van der Waals surface area contributed by atoms with Crippen LogP contribution in [0.5, 0.6) is 5.75 Å². The number of phenolic OH excluding ortho intramolecular Hbond substituents is 1. The van der Waals surface area contributed by atoms with Gasteiger partial charge in [0.15, 0.2) is 0 Å². The molecule has 7 nitrogen and oxygen atoms in total. The van der Waals surface area contributed by atoms with E-state index in [1.165, 1.54) is 12.1 Å². The molecule has 7 N–H and O–H groups in total. The number of primary amides is 1. The molecule has 0 aliphatic rings. The van der Waals surface area contributed by atoms with E-state index in [1.807, 2.05) is 0 Å². The third-order valence-corrected chi connectivity index (χ3v) is 2.45. The Morgan fingerprint density at radius 1 is 1.16 bits per heavy atom. The van der Waals surface area contributed by atoms with Crippen LogP contribution in [0.2, 0.25) is 0 Å². The molecule has 0 spiro atoms. The van der Waals surface area contributed by atoms with Gasteiger partial charge in [0.25, 0.3) is 0 Å². The number of aromatic hydroxyl groups is 1. The summed E-state index contributed by atoms with van der Waals surface area (Å²) in [5.41, 5.74) is 11.5. The number of benzene rings is 1. The van der Waals surface area contributed by atoms with E-state index in [2.05, 4.69) is 10.6 Å². The number of phenols is 1. The van der Waals surface area contributed by atoms with Crippen molar-refractivity contribution in [3.63, 3.8) is 0 Å². The zero-order chi connectivity index (χ0) is 14.3. The van der Waals surface area contributed by atoms with Crippen LogP contribution in [-0.2, 0) is 11.2 Å². The van der Waals surface area contributed by atoms with Crippen molar-refractivity contribution >= 4 is 11.9 Å². The maximum absolute atomic E-state index is 11.6. The second kappa shape index (κ2) is 7.22. The quantitative estimate of drug-likeness (QED) is 0.425. The van der Waals surface area contributed by atoms with Crippen molar-refractivity contribution in [2.24, 2.45) is 11.5 Å². The number of hydrogen-bond donors (Lipinski definition) is 5. The predicted octanol–water partition coefficient (Wildman–Crippen LogP) is -0.953. The Balaban J connectivity index is 2.32.